The number of aliphatic hydroxyl groups is 1. The van der Waals surface area contributed by atoms with Crippen LogP contribution in [0, 0.1) is 5.82 Å². The van der Waals surface area contributed by atoms with Crippen molar-refractivity contribution < 1.29 is 14.2 Å². The second kappa shape index (κ2) is 6.30. The number of aliphatic hydroxyl groups excluding tert-OH is 1. The van der Waals surface area contributed by atoms with Crippen LogP contribution in [0.2, 0.25) is 0 Å². The molecule has 3 rings (SSSR count). The molecule has 0 radical (unpaired) electrons. The van der Waals surface area contributed by atoms with Gasteiger partial charge in [-0.3, -0.25) is 4.90 Å². The van der Waals surface area contributed by atoms with Crippen molar-refractivity contribution in [3.8, 4) is 0 Å². The third kappa shape index (κ3) is 2.91. The summed E-state index contributed by atoms with van der Waals surface area (Å²) in [5, 5.41) is 9.17. The second-order valence-corrected chi connectivity index (χ2v) is 5.94. The fourth-order valence-corrected chi connectivity index (χ4v) is 3.32. The number of anilines is 1. The van der Waals surface area contributed by atoms with Gasteiger partial charge in [-0.2, -0.15) is 0 Å². The molecule has 0 aliphatic carbocycles. The molecule has 0 spiro atoms. The number of piperidine rings is 1. The van der Waals surface area contributed by atoms with Gasteiger partial charge in [-0.1, -0.05) is 12.1 Å². The van der Waals surface area contributed by atoms with E-state index in [1.165, 1.54) is 0 Å². The van der Waals surface area contributed by atoms with Gasteiger partial charge < -0.3 is 14.7 Å². The van der Waals surface area contributed by atoms with Crippen molar-refractivity contribution in [3.05, 3.63) is 29.6 Å². The number of nitrogens with zero attached hydrogens (tertiary/aromatic N) is 2. The highest BCUT2D eigenvalue weighted by atomic mass is 19.1. The molecule has 2 saturated heterocycles. The molecule has 0 atom stereocenters. The van der Waals surface area contributed by atoms with E-state index >= 15 is 0 Å². The second-order valence-electron chi connectivity index (χ2n) is 5.94. The lowest BCUT2D eigenvalue weighted by molar-refractivity contribution is -0.0547. The summed E-state index contributed by atoms with van der Waals surface area (Å²) >= 11 is 0. The average Bonchev–Trinajstić information content (AvgIpc) is 2.47. The number of ether oxygens (including phenoxy) is 1. The highest BCUT2D eigenvalue weighted by molar-refractivity contribution is 5.50. The van der Waals surface area contributed by atoms with Crippen molar-refractivity contribution in [1.82, 2.24) is 4.90 Å². The van der Waals surface area contributed by atoms with Gasteiger partial charge in [0.15, 0.2) is 5.82 Å². The van der Waals surface area contributed by atoms with Crippen molar-refractivity contribution in [2.45, 2.75) is 31.6 Å². The summed E-state index contributed by atoms with van der Waals surface area (Å²) in [6, 6.07) is 5.85. The SMILES string of the molecule is COC1CN(C2CCN(c3cccc(CO)c3F)CC2)C1. The number of rotatable bonds is 4. The Bertz CT molecular complexity index is 483. The van der Waals surface area contributed by atoms with Gasteiger partial charge in [0, 0.05) is 44.9 Å². The molecule has 2 aliphatic rings. The van der Waals surface area contributed by atoms with E-state index in [1.807, 2.05) is 6.07 Å². The van der Waals surface area contributed by atoms with E-state index in [9.17, 15) is 4.39 Å². The van der Waals surface area contributed by atoms with E-state index in [4.69, 9.17) is 9.84 Å². The maximum atomic E-state index is 14.3. The van der Waals surface area contributed by atoms with E-state index in [0.29, 0.717) is 23.4 Å². The Hall–Kier alpha value is -1.17. The number of hydrogen-bond acceptors (Lipinski definition) is 4. The van der Waals surface area contributed by atoms with Crippen molar-refractivity contribution in [1.29, 1.82) is 0 Å². The maximum absolute atomic E-state index is 14.3. The first-order valence-corrected chi connectivity index (χ1v) is 7.63. The summed E-state index contributed by atoms with van der Waals surface area (Å²) in [5.41, 5.74) is 0.999. The molecule has 5 heteroatoms. The molecule has 2 fully saturated rings. The quantitative estimate of drug-likeness (QED) is 0.915. The summed E-state index contributed by atoms with van der Waals surface area (Å²) in [6.45, 7) is 3.53. The molecule has 1 aromatic carbocycles. The van der Waals surface area contributed by atoms with Crippen molar-refractivity contribution in [3.63, 3.8) is 0 Å². The Kier molecular flexibility index (Phi) is 4.42. The highest BCUT2D eigenvalue weighted by Gasteiger charge is 2.34. The summed E-state index contributed by atoms with van der Waals surface area (Å²) in [6.07, 6.45) is 2.50. The smallest absolute Gasteiger partial charge is 0.151 e. The molecule has 0 unspecified atom stereocenters. The molecular formula is C16H23FN2O2. The van der Waals surface area contributed by atoms with Gasteiger partial charge in [0.05, 0.1) is 18.4 Å². The minimum atomic E-state index is -0.276. The zero-order valence-corrected chi connectivity index (χ0v) is 12.5. The van der Waals surface area contributed by atoms with Gasteiger partial charge in [-0.25, -0.2) is 4.39 Å². The van der Waals surface area contributed by atoms with Crippen LogP contribution in [0.4, 0.5) is 10.1 Å². The van der Waals surface area contributed by atoms with Crippen LogP contribution < -0.4 is 4.90 Å². The predicted molar refractivity (Wildman–Crippen MR) is 79.9 cm³/mol. The van der Waals surface area contributed by atoms with E-state index in [0.717, 1.165) is 39.0 Å². The standard InChI is InChI=1S/C16H23FN2O2/c1-21-14-9-19(10-14)13-5-7-18(8-6-13)15-4-2-3-12(11-20)16(15)17/h2-4,13-14,20H,5-11H2,1H3. The van der Waals surface area contributed by atoms with Crippen molar-refractivity contribution in [2.24, 2.45) is 0 Å². The summed E-state index contributed by atoms with van der Waals surface area (Å²) < 4.78 is 19.6. The zero-order chi connectivity index (χ0) is 14.8. The molecule has 0 aromatic heterocycles. The summed E-state index contributed by atoms with van der Waals surface area (Å²) in [4.78, 5) is 4.56. The largest absolute Gasteiger partial charge is 0.392 e. The fourth-order valence-electron chi connectivity index (χ4n) is 3.32. The van der Waals surface area contributed by atoms with E-state index in [1.54, 1.807) is 19.2 Å². The first-order valence-electron chi connectivity index (χ1n) is 7.63. The molecule has 4 nitrogen and oxygen atoms in total. The molecule has 2 heterocycles. The Morgan fingerprint density at radius 1 is 1.29 bits per heavy atom. The lowest BCUT2D eigenvalue weighted by Gasteiger charge is -2.46. The molecule has 1 aromatic rings. The van der Waals surface area contributed by atoms with Crippen LogP contribution in [0.3, 0.4) is 0 Å². The van der Waals surface area contributed by atoms with Crippen LogP contribution in [0.15, 0.2) is 18.2 Å². The van der Waals surface area contributed by atoms with Crippen molar-refractivity contribution in [2.75, 3.05) is 38.2 Å². The molecule has 0 amide bonds. The monoisotopic (exact) mass is 294 g/mol. The van der Waals surface area contributed by atoms with E-state index < -0.39 is 0 Å². The molecule has 116 valence electrons. The van der Waals surface area contributed by atoms with Crippen molar-refractivity contribution >= 4 is 5.69 Å². The Morgan fingerprint density at radius 2 is 2.00 bits per heavy atom. The first kappa shape index (κ1) is 14.8. The molecule has 1 N–H and O–H groups in total. The zero-order valence-electron chi connectivity index (χ0n) is 12.5. The Morgan fingerprint density at radius 3 is 2.62 bits per heavy atom. The third-order valence-electron chi connectivity index (χ3n) is 4.76. The number of benzene rings is 1. The third-order valence-corrected chi connectivity index (χ3v) is 4.76. The maximum Gasteiger partial charge on any atom is 0.151 e. The number of likely N-dealkylation sites (tertiary alicyclic amines) is 1. The lowest BCUT2D eigenvalue weighted by Crippen LogP contribution is -2.58. The van der Waals surface area contributed by atoms with Gasteiger partial charge in [0.2, 0.25) is 0 Å². The van der Waals surface area contributed by atoms with Gasteiger partial charge in [-0.05, 0) is 18.9 Å². The van der Waals surface area contributed by atoms with Crippen LogP contribution in [0.1, 0.15) is 18.4 Å². The predicted octanol–water partition coefficient (Wildman–Crippen LogP) is 1.62. The number of methoxy groups -OCH3 is 1. The minimum Gasteiger partial charge on any atom is -0.392 e. The molecular weight excluding hydrogens is 271 g/mol. The molecule has 0 saturated carbocycles. The topological polar surface area (TPSA) is 35.9 Å². The number of hydrogen-bond donors (Lipinski definition) is 1. The van der Waals surface area contributed by atoms with Gasteiger partial charge in [0.1, 0.15) is 0 Å². The Balaban J connectivity index is 1.59. The lowest BCUT2D eigenvalue weighted by atomic mass is 9.98. The first-order chi connectivity index (χ1) is 10.2. The van der Waals surface area contributed by atoms with Gasteiger partial charge in [0.25, 0.3) is 0 Å². The van der Waals surface area contributed by atoms with E-state index in [2.05, 4.69) is 9.80 Å². The van der Waals surface area contributed by atoms with Gasteiger partial charge in [-0.15, -0.1) is 0 Å². The minimum absolute atomic E-state index is 0.248. The average molecular weight is 294 g/mol. The van der Waals surface area contributed by atoms with Crippen LogP contribution >= 0.6 is 0 Å². The highest BCUT2D eigenvalue weighted by Crippen LogP contribution is 2.28. The number of halogens is 1. The van der Waals surface area contributed by atoms with Crippen LogP contribution in [-0.4, -0.2) is 55.4 Å². The van der Waals surface area contributed by atoms with E-state index in [-0.39, 0.29) is 12.4 Å². The summed E-state index contributed by atoms with van der Waals surface area (Å²) in [5.74, 6) is -0.276. The van der Waals surface area contributed by atoms with Crippen LogP contribution in [-0.2, 0) is 11.3 Å². The molecule has 2 aliphatic heterocycles. The molecule has 0 bridgehead atoms. The van der Waals surface area contributed by atoms with Gasteiger partial charge >= 0.3 is 0 Å². The summed E-state index contributed by atoms with van der Waals surface area (Å²) in [7, 11) is 1.77. The van der Waals surface area contributed by atoms with Crippen LogP contribution in [0.25, 0.3) is 0 Å². The normalized spacial score (nSPS) is 21.6. The van der Waals surface area contributed by atoms with Crippen LogP contribution in [0.5, 0.6) is 0 Å². The Labute approximate surface area is 125 Å². The molecule has 21 heavy (non-hydrogen) atoms. The fraction of sp³-hybridized carbons (Fsp3) is 0.625.